The van der Waals surface area contributed by atoms with Crippen LogP contribution in [0.2, 0.25) is 0 Å². The largest absolute Gasteiger partial charge is 0.506 e. The second kappa shape index (κ2) is 4.97. The van der Waals surface area contributed by atoms with E-state index in [0.717, 1.165) is 0 Å². The van der Waals surface area contributed by atoms with Crippen molar-refractivity contribution in [2.24, 2.45) is 5.73 Å². The first-order chi connectivity index (χ1) is 7.50. The second-order valence-corrected chi connectivity index (χ2v) is 3.22. The number of rotatable bonds is 4. The molecule has 2 amide bonds. The van der Waals surface area contributed by atoms with Crippen LogP contribution in [0.15, 0.2) is 36.4 Å². The van der Waals surface area contributed by atoms with Crippen LogP contribution in [0, 0.1) is 0 Å². The molecule has 0 aromatic heterocycles. The van der Waals surface area contributed by atoms with Gasteiger partial charge in [0.15, 0.2) is 0 Å². The van der Waals surface area contributed by atoms with E-state index in [4.69, 9.17) is 5.73 Å². The van der Waals surface area contributed by atoms with Crippen LogP contribution >= 0.6 is 0 Å². The summed E-state index contributed by atoms with van der Waals surface area (Å²) in [6.45, 7) is 3.43. The van der Waals surface area contributed by atoms with Crippen LogP contribution in [0.3, 0.4) is 0 Å². The molecule has 5 heteroatoms. The topological polar surface area (TPSA) is 92.4 Å². The predicted molar refractivity (Wildman–Crippen MR) is 59.7 cm³/mol. The quantitative estimate of drug-likeness (QED) is 0.516. The average Bonchev–Trinajstić information content (AvgIpc) is 2.20. The highest BCUT2D eigenvalue weighted by Gasteiger charge is 2.11. The fourth-order valence-corrected chi connectivity index (χ4v) is 1.08. The van der Waals surface area contributed by atoms with Gasteiger partial charge in [-0.15, -0.1) is 0 Å². The highest BCUT2D eigenvalue weighted by atomic mass is 16.3. The molecule has 1 aromatic rings. The van der Waals surface area contributed by atoms with E-state index in [2.05, 4.69) is 11.9 Å². The van der Waals surface area contributed by atoms with Crippen LogP contribution in [-0.4, -0.2) is 16.9 Å². The first-order valence-corrected chi connectivity index (χ1v) is 4.56. The smallest absolute Gasteiger partial charge is 0.251 e. The Labute approximate surface area is 92.6 Å². The summed E-state index contributed by atoms with van der Waals surface area (Å²) >= 11 is 0. The summed E-state index contributed by atoms with van der Waals surface area (Å²) in [7, 11) is 0. The van der Waals surface area contributed by atoms with Gasteiger partial charge in [0, 0.05) is 5.57 Å². The second-order valence-electron chi connectivity index (χ2n) is 3.22. The van der Waals surface area contributed by atoms with Gasteiger partial charge in [0.05, 0.1) is 12.1 Å². The molecule has 5 nitrogen and oxygen atoms in total. The lowest BCUT2D eigenvalue weighted by atomic mass is 10.2. The van der Waals surface area contributed by atoms with Crippen LogP contribution in [-0.2, 0) is 9.59 Å². The molecule has 0 saturated carbocycles. The molecule has 84 valence electrons. The molecule has 0 spiro atoms. The van der Waals surface area contributed by atoms with Crippen molar-refractivity contribution in [2.75, 3.05) is 5.32 Å². The number of amides is 2. The first-order valence-electron chi connectivity index (χ1n) is 4.56. The van der Waals surface area contributed by atoms with Crippen molar-refractivity contribution in [1.29, 1.82) is 0 Å². The van der Waals surface area contributed by atoms with Crippen LogP contribution in [0.5, 0.6) is 5.75 Å². The maximum absolute atomic E-state index is 11.5. The Morgan fingerprint density at radius 1 is 1.38 bits per heavy atom. The molecule has 0 radical (unpaired) electrons. The highest BCUT2D eigenvalue weighted by molar-refractivity contribution is 6.06. The molecule has 4 N–H and O–H groups in total. The molecule has 0 heterocycles. The predicted octanol–water partition coefficient (Wildman–Crippen LogP) is 0.762. The van der Waals surface area contributed by atoms with E-state index in [1.165, 1.54) is 12.1 Å². The summed E-state index contributed by atoms with van der Waals surface area (Å²) in [4.78, 5) is 22.0. The van der Waals surface area contributed by atoms with E-state index in [0.29, 0.717) is 0 Å². The van der Waals surface area contributed by atoms with Gasteiger partial charge in [-0.1, -0.05) is 18.7 Å². The number of aromatic hydroxyl groups is 1. The van der Waals surface area contributed by atoms with Gasteiger partial charge in [-0.05, 0) is 12.1 Å². The first kappa shape index (κ1) is 11.8. The summed E-state index contributed by atoms with van der Waals surface area (Å²) in [5.41, 5.74) is 5.24. The minimum absolute atomic E-state index is 0.0516. The van der Waals surface area contributed by atoms with Crippen LogP contribution in [0.4, 0.5) is 5.69 Å². The number of nitrogens with one attached hydrogen (secondary N) is 1. The van der Waals surface area contributed by atoms with E-state index in [1.807, 2.05) is 0 Å². The Morgan fingerprint density at radius 2 is 2.00 bits per heavy atom. The van der Waals surface area contributed by atoms with Crippen LogP contribution in [0.25, 0.3) is 0 Å². The summed E-state index contributed by atoms with van der Waals surface area (Å²) < 4.78 is 0. The van der Waals surface area contributed by atoms with Crippen molar-refractivity contribution in [3.63, 3.8) is 0 Å². The fourth-order valence-electron chi connectivity index (χ4n) is 1.08. The Balaban J connectivity index is 2.68. The number of carbonyl (C=O) groups is 2. The number of phenolic OH excluding ortho intramolecular Hbond substituents is 1. The molecular formula is C11H12N2O3. The number of hydrogen-bond donors (Lipinski definition) is 3. The van der Waals surface area contributed by atoms with Crippen molar-refractivity contribution in [2.45, 2.75) is 6.42 Å². The maximum atomic E-state index is 11.5. The van der Waals surface area contributed by atoms with Gasteiger partial charge in [0.1, 0.15) is 5.75 Å². The minimum Gasteiger partial charge on any atom is -0.506 e. The number of phenols is 1. The Bertz CT molecular complexity index is 441. The number of carbonyl (C=O) groups excluding carboxylic acids is 2. The van der Waals surface area contributed by atoms with E-state index in [-0.39, 0.29) is 23.4 Å². The molecular weight excluding hydrogens is 208 g/mol. The molecule has 1 rings (SSSR count). The van der Waals surface area contributed by atoms with Gasteiger partial charge < -0.3 is 16.2 Å². The van der Waals surface area contributed by atoms with Crippen molar-refractivity contribution in [1.82, 2.24) is 0 Å². The molecule has 0 aliphatic heterocycles. The summed E-state index contributed by atoms with van der Waals surface area (Å²) in [6.07, 6.45) is -0.209. The minimum atomic E-state index is -0.627. The normalized spacial score (nSPS) is 9.50. The third kappa shape index (κ3) is 3.13. The van der Waals surface area contributed by atoms with E-state index in [1.54, 1.807) is 12.1 Å². The van der Waals surface area contributed by atoms with Gasteiger partial charge in [-0.25, -0.2) is 0 Å². The zero-order chi connectivity index (χ0) is 12.1. The lowest BCUT2D eigenvalue weighted by molar-refractivity contribution is -0.119. The lowest BCUT2D eigenvalue weighted by Crippen LogP contribution is -2.19. The summed E-state index contributed by atoms with van der Waals surface area (Å²) in [5, 5.41) is 11.8. The van der Waals surface area contributed by atoms with Gasteiger partial charge in [-0.3, -0.25) is 9.59 Å². The monoisotopic (exact) mass is 220 g/mol. The molecule has 1 aromatic carbocycles. The van der Waals surface area contributed by atoms with Gasteiger partial charge in [-0.2, -0.15) is 0 Å². The molecule has 0 saturated heterocycles. The van der Waals surface area contributed by atoms with Crippen molar-refractivity contribution >= 4 is 17.5 Å². The summed E-state index contributed by atoms with van der Waals surface area (Å²) in [6, 6.07) is 6.26. The number of anilines is 1. The molecule has 0 atom stereocenters. The SMILES string of the molecule is C=C(CC(N)=O)C(=O)Nc1ccccc1O. The lowest BCUT2D eigenvalue weighted by Gasteiger charge is -2.07. The summed E-state index contributed by atoms with van der Waals surface area (Å²) in [5.74, 6) is -1.22. The van der Waals surface area contributed by atoms with Crippen molar-refractivity contribution < 1.29 is 14.7 Å². The molecule has 0 aliphatic rings. The van der Waals surface area contributed by atoms with E-state index in [9.17, 15) is 14.7 Å². The molecule has 0 aliphatic carbocycles. The molecule has 0 unspecified atom stereocenters. The molecule has 16 heavy (non-hydrogen) atoms. The standard InChI is InChI=1S/C11H12N2O3/c1-7(6-10(12)15)11(16)13-8-4-2-3-5-9(8)14/h2-5,14H,1,6H2,(H2,12,15)(H,13,16). The van der Waals surface area contributed by atoms with Crippen molar-refractivity contribution in [3.8, 4) is 5.75 Å². The number of primary amides is 1. The molecule has 0 fully saturated rings. The van der Waals surface area contributed by atoms with Gasteiger partial charge >= 0.3 is 0 Å². The number of nitrogens with two attached hydrogens (primary N) is 1. The van der Waals surface area contributed by atoms with Gasteiger partial charge in [0.25, 0.3) is 5.91 Å². The highest BCUT2D eigenvalue weighted by Crippen LogP contribution is 2.22. The van der Waals surface area contributed by atoms with Gasteiger partial charge in [0.2, 0.25) is 5.91 Å². The van der Waals surface area contributed by atoms with Crippen LogP contribution < -0.4 is 11.1 Å². The fraction of sp³-hybridized carbons (Fsp3) is 0.0909. The average molecular weight is 220 g/mol. The molecule has 0 bridgehead atoms. The third-order valence-corrected chi connectivity index (χ3v) is 1.86. The maximum Gasteiger partial charge on any atom is 0.251 e. The number of hydrogen-bond acceptors (Lipinski definition) is 3. The zero-order valence-electron chi connectivity index (χ0n) is 8.56. The Hall–Kier alpha value is -2.30. The number of benzene rings is 1. The van der Waals surface area contributed by atoms with Crippen molar-refractivity contribution in [3.05, 3.63) is 36.4 Å². The van der Waals surface area contributed by atoms with Crippen LogP contribution in [0.1, 0.15) is 6.42 Å². The Kier molecular flexibility index (Phi) is 3.66. The Morgan fingerprint density at radius 3 is 2.56 bits per heavy atom. The number of para-hydroxylation sites is 2. The zero-order valence-corrected chi connectivity index (χ0v) is 8.56. The van der Waals surface area contributed by atoms with E-state index >= 15 is 0 Å². The third-order valence-electron chi connectivity index (χ3n) is 1.86. The van der Waals surface area contributed by atoms with E-state index < -0.39 is 11.8 Å².